The Balaban J connectivity index is 2.33. The highest BCUT2D eigenvalue weighted by Gasteiger charge is 2.57. The number of unbranched alkanes of at least 4 members (excludes halogenated alkanes) is 15. The highest BCUT2D eigenvalue weighted by molar-refractivity contribution is 5.80. The van der Waals surface area contributed by atoms with Gasteiger partial charge in [0.15, 0.2) is 0 Å². The standard InChI is InChI=1S/C35H62O3/c1-8-9-10-11-12-13-14-15-16-17-18-19-20-21-22-26-29-38-32(36)31(30-27-24-23-25-28-30)35(37,33(2,3)4)34(5,6)7/h23-25,27-28,31,37H,8-22,26,29H2,1-7H3. The van der Waals surface area contributed by atoms with Gasteiger partial charge in [0, 0.05) is 0 Å². The van der Waals surface area contributed by atoms with Crippen molar-refractivity contribution in [2.75, 3.05) is 6.61 Å². The minimum atomic E-state index is -1.27. The normalized spacial score (nSPS) is 13.5. The molecule has 0 aromatic heterocycles. The molecule has 0 aliphatic carbocycles. The highest BCUT2D eigenvalue weighted by atomic mass is 16.5. The first kappa shape index (κ1) is 34.7. The van der Waals surface area contributed by atoms with Gasteiger partial charge in [-0.2, -0.15) is 0 Å². The Morgan fingerprint density at radius 3 is 1.39 bits per heavy atom. The second-order valence-corrected chi connectivity index (χ2v) is 13.6. The first-order valence-corrected chi connectivity index (χ1v) is 15.9. The van der Waals surface area contributed by atoms with Crippen molar-refractivity contribution >= 4 is 5.97 Å². The van der Waals surface area contributed by atoms with Crippen LogP contribution < -0.4 is 0 Å². The number of carbonyl (C=O) groups is 1. The van der Waals surface area contributed by atoms with E-state index >= 15 is 0 Å². The van der Waals surface area contributed by atoms with E-state index in [-0.39, 0.29) is 5.97 Å². The zero-order valence-corrected chi connectivity index (χ0v) is 26.2. The van der Waals surface area contributed by atoms with Crippen LogP contribution in [0, 0.1) is 10.8 Å². The van der Waals surface area contributed by atoms with Gasteiger partial charge in [0.05, 0.1) is 12.2 Å². The van der Waals surface area contributed by atoms with E-state index in [4.69, 9.17) is 4.74 Å². The van der Waals surface area contributed by atoms with Crippen molar-refractivity contribution in [2.45, 2.75) is 163 Å². The molecular weight excluding hydrogens is 468 g/mol. The van der Waals surface area contributed by atoms with Crippen molar-refractivity contribution in [3.05, 3.63) is 35.9 Å². The zero-order chi connectivity index (χ0) is 28.5. The molecule has 0 bridgehead atoms. The molecule has 220 valence electrons. The van der Waals surface area contributed by atoms with Crippen molar-refractivity contribution in [2.24, 2.45) is 10.8 Å². The average molecular weight is 531 g/mol. The van der Waals surface area contributed by atoms with Crippen LogP contribution in [0.15, 0.2) is 30.3 Å². The molecule has 0 aliphatic rings. The molecule has 1 N–H and O–H groups in total. The second-order valence-electron chi connectivity index (χ2n) is 13.6. The molecule has 0 spiro atoms. The van der Waals surface area contributed by atoms with Gasteiger partial charge in [0.1, 0.15) is 5.92 Å². The minimum Gasteiger partial charge on any atom is -0.465 e. The Morgan fingerprint density at radius 1 is 0.658 bits per heavy atom. The van der Waals surface area contributed by atoms with Gasteiger partial charge in [-0.3, -0.25) is 4.79 Å². The minimum absolute atomic E-state index is 0.315. The monoisotopic (exact) mass is 530 g/mol. The number of aliphatic hydroxyl groups is 1. The summed E-state index contributed by atoms with van der Waals surface area (Å²) in [6.45, 7) is 14.8. The lowest BCUT2D eigenvalue weighted by molar-refractivity contribution is -0.182. The van der Waals surface area contributed by atoms with E-state index in [1.54, 1.807) is 0 Å². The van der Waals surface area contributed by atoms with Gasteiger partial charge >= 0.3 is 5.97 Å². The van der Waals surface area contributed by atoms with Crippen LogP contribution in [0.25, 0.3) is 0 Å². The van der Waals surface area contributed by atoms with Crippen LogP contribution in [-0.2, 0) is 9.53 Å². The number of benzene rings is 1. The Morgan fingerprint density at radius 2 is 1.03 bits per heavy atom. The summed E-state index contributed by atoms with van der Waals surface area (Å²) in [5.41, 5.74) is -1.48. The number of hydrogen-bond acceptors (Lipinski definition) is 3. The first-order chi connectivity index (χ1) is 18.0. The number of rotatable bonds is 20. The molecule has 0 amide bonds. The van der Waals surface area contributed by atoms with E-state index in [1.807, 2.05) is 71.9 Å². The molecule has 1 aromatic carbocycles. The first-order valence-electron chi connectivity index (χ1n) is 15.9. The molecule has 1 rings (SSSR count). The molecule has 3 heteroatoms. The lowest BCUT2D eigenvalue weighted by Crippen LogP contribution is -2.59. The van der Waals surface area contributed by atoms with E-state index in [0.717, 1.165) is 18.4 Å². The van der Waals surface area contributed by atoms with Crippen LogP contribution >= 0.6 is 0 Å². The number of ether oxygens (including phenoxy) is 1. The van der Waals surface area contributed by atoms with E-state index in [9.17, 15) is 9.90 Å². The molecule has 38 heavy (non-hydrogen) atoms. The Labute approximate surface area is 236 Å². The predicted octanol–water partition coefficient (Wildman–Crippen LogP) is 10.4. The van der Waals surface area contributed by atoms with E-state index in [0.29, 0.717) is 6.61 Å². The second kappa shape index (κ2) is 18.1. The number of carbonyl (C=O) groups excluding carboxylic acids is 1. The fraction of sp³-hybridized carbons (Fsp3) is 0.800. The predicted molar refractivity (Wildman–Crippen MR) is 164 cm³/mol. The largest absolute Gasteiger partial charge is 0.465 e. The van der Waals surface area contributed by atoms with Crippen molar-refractivity contribution in [1.82, 2.24) is 0 Å². The molecule has 0 radical (unpaired) electrons. The fourth-order valence-corrected chi connectivity index (χ4v) is 6.09. The third kappa shape index (κ3) is 11.8. The summed E-state index contributed by atoms with van der Waals surface area (Å²) in [4.78, 5) is 13.5. The van der Waals surface area contributed by atoms with Crippen molar-refractivity contribution in [3.63, 3.8) is 0 Å². The Bertz CT molecular complexity index is 712. The van der Waals surface area contributed by atoms with Gasteiger partial charge in [-0.25, -0.2) is 0 Å². The third-order valence-corrected chi connectivity index (χ3v) is 8.32. The summed E-state index contributed by atoms with van der Waals surface area (Å²) in [5, 5.41) is 12.1. The van der Waals surface area contributed by atoms with Gasteiger partial charge in [-0.15, -0.1) is 0 Å². The summed E-state index contributed by atoms with van der Waals surface area (Å²) >= 11 is 0. The maximum absolute atomic E-state index is 13.5. The van der Waals surface area contributed by atoms with Crippen LogP contribution in [0.2, 0.25) is 0 Å². The molecule has 3 nitrogen and oxygen atoms in total. The molecule has 1 atom stereocenters. The van der Waals surface area contributed by atoms with Gasteiger partial charge < -0.3 is 9.84 Å². The van der Waals surface area contributed by atoms with Crippen molar-refractivity contribution < 1.29 is 14.6 Å². The summed E-state index contributed by atoms with van der Waals surface area (Å²) in [6, 6.07) is 9.66. The van der Waals surface area contributed by atoms with Crippen LogP contribution in [0.1, 0.15) is 163 Å². The lowest BCUT2D eigenvalue weighted by atomic mass is 9.55. The third-order valence-electron chi connectivity index (χ3n) is 8.32. The zero-order valence-electron chi connectivity index (χ0n) is 26.2. The molecule has 0 saturated heterocycles. The van der Waals surface area contributed by atoms with E-state index < -0.39 is 22.3 Å². The molecule has 0 fully saturated rings. The van der Waals surface area contributed by atoms with Gasteiger partial charge in [0.2, 0.25) is 0 Å². The maximum Gasteiger partial charge on any atom is 0.316 e. The number of esters is 1. The molecular formula is C35H62O3. The van der Waals surface area contributed by atoms with E-state index in [2.05, 4.69) is 6.92 Å². The SMILES string of the molecule is CCCCCCCCCCCCCCCCCCOC(=O)C(c1ccccc1)C(O)(C(C)(C)C)C(C)(C)C. The summed E-state index contributed by atoms with van der Waals surface area (Å²) in [5.74, 6) is -1.05. The Hall–Kier alpha value is -1.35. The van der Waals surface area contributed by atoms with Crippen LogP contribution in [0.3, 0.4) is 0 Å². The van der Waals surface area contributed by atoms with Crippen LogP contribution in [-0.4, -0.2) is 23.3 Å². The maximum atomic E-state index is 13.5. The van der Waals surface area contributed by atoms with Gasteiger partial charge in [-0.05, 0) is 22.8 Å². The van der Waals surface area contributed by atoms with Gasteiger partial charge in [0.25, 0.3) is 0 Å². The molecule has 0 aliphatic heterocycles. The molecule has 0 saturated carbocycles. The topological polar surface area (TPSA) is 46.5 Å². The summed E-state index contributed by atoms with van der Waals surface area (Å²) < 4.78 is 5.82. The summed E-state index contributed by atoms with van der Waals surface area (Å²) in [6.07, 6.45) is 21.1. The average Bonchev–Trinajstić information content (AvgIpc) is 2.85. The van der Waals surface area contributed by atoms with Crippen LogP contribution in [0.5, 0.6) is 0 Å². The Kier molecular flexibility index (Phi) is 16.5. The molecule has 1 unspecified atom stereocenters. The van der Waals surface area contributed by atoms with Crippen molar-refractivity contribution in [3.8, 4) is 0 Å². The van der Waals surface area contributed by atoms with E-state index in [1.165, 1.54) is 89.9 Å². The molecule has 0 heterocycles. The van der Waals surface area contributed by atoms with Crippen molar-refractivity contribution in [1.29, 1.82) is 0 Å². The smallest absolute Gasteiger partial charge is 0.316 e. The quantitative estimate of drug-likeness (QED) is 0.135. The molecule has 1 aromatic rings. The lowest BCUT2D eigenvalue weighted by Gasteiger charge is -2.53. The fourth-order valence-electron chi connectivity index (χ4n) is 6.09. The van der Waals surface area contributed by atoms with Crippen LogP contribution in [0.4, 0.5) is 0 Å². The highest BCUT2D eigenvalue weighted by Crippen LogP contribution is 2.52. The number of hydrogen-bond donors (Lipinski definition) is 1. The van der Waals surface area contributed by atoms with Gasteiger partial charge in [-0.1, -0.05) is 175 Å². The summed E-state index contributed by atoms with van der Waals surface area (Å²) in [7, 11) is 0.